The van der Waals surface area contributed by atoms with Crippen molar-refractivity contribution < 1.29 is 4.74 Å². The van der Waals surface area contributed by atoms with Crippen LogP contribution in [0.4, 0.5) is 0 Å². The molecule has 1 atom stereocenters. The Balaban J connectivity index is 1.92. The van der Waals surface area contributed by atoms with Crippen LogP contribution in [-0.4, -0.2) is 23.2 Å². The highest BCUT2D eigenvalue weighted by Gasteiger charge is 2.19. The summed E-state index contributed by atoms with van der Waals surface area (Å²) in [6.07, 6.45) is 0.0597. The molecule has 3 rings (SSSR count). The van der Waals surface area contributed by atoms with Gasteiger partial charge in [-0.2, -0.15) is 0 Å². The van der Waals surface area contributed by atoms with Gasteiger partial charge in [0.15, 0.2) is 0 Å². The molecule has 0 spiro atoms. The van der Waals surface area contributed by atoms with Gasteiger partial charge >= 0.3 is 0 Å². The lowest BCUT2D eigenvalue weighted by Crippen LogP contribution is -2.23. The summed E-state index contributed by atoms with van der Waals surface area (Å²) < 4.78 is 7.70. The van der Waals surface area contributed by atoms with Gasteiger partial charge < -0.3 is 15.0 Å². The normalized spacial score (nSPS) is 19.4. The Morgan fingerprint density at radius 3 is 3.06 bits per heavy atom. The smallest absolute Gasteiger partial charge is 0.282 e. The minimum Gasteiger partial charge on any atom is -0.458 e. The molecular formula is C13H15N3O. The van der Waals surface area contributed by atoms with Gasteiger partial charge in [-0.15, -0.1) is 0 Å². The van der Waals surface area contributed by atoms with E-state index in [1.54, 1.807) is 0 Å². The molecule has 0 radical (unpaired) electrons. The number of hydrogen-bond donors (Lipinski definition) is 1. The maximum Gasteiger partial charge on any atom is 0.282 e. The van der Waals surface area contributed by atoms with Crippen LogP contribution < -0.4 is 5.73 Å². The maximum absolute atomic E-state index is 5.52. The number of benzene rings is 1. The van der Waals surface area contributed by atoms with E-state index in [-0.39, 0.29) is 6.10 Å². The molecule has 0 bridgehead atoms. The predicted molar refractivity (Wildman–Crippen MR) is 68.0 cm³/mol. The van der Waals surface area contributed by atoms with Crippen molar-refractivity contribution in [1.82, 2.24) is 4.57 Å². The summed E-state index contributed by atoms with van der Waals surface area (Å²) in [5.74, 6) is 0. The second kappa shape index (κ2) is 3.80. The van der Waals surface area contributed by atoms with Gasteiger partial charge in [-0.1, -0.05) is 18.2 Å². The van der Waals surface area contributed by atoms with E-state index in [1.807, 2.05) is 0 Å². The summed E-state index contributed by atoms with van der Waals surface area (Å²) in [5.41, 5.74) is 7.99. The lowest BCUT2D eigenvalue weighted by atomic mass is 10.2. The molecular weight excluding hydrogens is 214 g/mol. The van der Waals surface area contributed by atoms with Crippen molar-refractivity contribution in [1.29, 1.82) is 0 Å². The molecule has 0 saturated carbocycles. The number of rotatable bonds is 2. The fourth-order valence-electron chi connectivity index (χ4n) is 2.33. The third-order valence-corrected chi connectivity index (χ3v) is 3.14. The van der Waals surface area contributed by atoms with Gasteiger partial charge in [0.1, 0.15) is 6.10 Å². The van der Waals surface area contributed by atoms with Gasteiger partial charge in [-0.3, -0.25) is 0 Å². The SMILES string of the molecule is Cc1cc2ccccc2n1CC1CN=C(N)O1. The Bertz CT molecular complexity index is 585. The Kier molecular flexibility index (Phi) is 2.28. The first kappa shape index (κ1) is 10.2. The van der Waals surface area contributed by atoms with Crippen LogP contribution in [0.5, 0.6) is 0 Å². The molecule has 1 unspecified atom stereocenters. The number of hydrogen-bond acceptors (Lipinski definition) is 3. The van der Waals surface area contributed by atoms with Gasteiger partial charge in [0, 0.05) is 11.2 Å². The first-order chi connectivity index (χ1) is 8.24. The molecule has 0 aliphatic carbocycles. The van der Waals surface area contributed by atoms with Crippen LogP contribution in [0.2, 0.25) is 0 Å². The van der Waals surface area contributed by atoms with Crippen LogP contribution in [0, 0.1) is 6.92 Å². The summed E-state index contributed by atoms with van der Waals surface area (Å²) in [4.78, 5) is 4.07. The molecule has 2 heterocycles. The standard InChI is InChI=1S/C13H15N3O/c1-9-6-10-4-2-3-5-12(10)16(9)8-11-7-15-13(14)17-11/h2-6,11H,7-8H2,1H3,(H2,14,15). The van der Waals surface area contributed by atoms with Crippen LogP contribution in [0.25, 0.3) is 10.9 Å². The molecule has 4 heteroatoms. The Labute approximate surface area is 99.7 Å². The lowest BCUT2D eigenvalue weighted by molar-refractivity contribution is 0.199. The molecule has 0 amide bonds. The molecule has 2 aromatic rings. The van der Waals surface area contributed by atoms with Crippen LogP contribution in [0.15, 0.2) is 35.3 Å². The minimum atomic E-state index is 0.0597. The summed E-state index contributed by atoms with van der Waals surface area (Å²) in [7, 11) is 0. The molecule has 0 fully saturated rings. The molecule has 1 aromatic heterocycles. The maximum atomic E-state index is 5.52. The molecule has 1 aromatic carbocycles. The zero-order valence-electron chi connectivity index (χ0n) is 9.76. The van der Waals surface area contributed by atoms with Gasteiger partial charge in [-0.05, 0) is 24.4 Å². The fourth-order valence-corrected chi connectivity index (χ4v) is 2.33. The highest BCUT2D eigenvalue weighted by molar-refractivity contribution is 5.81. The van der Waals surface area contributed by atoms with Gasteiger partial charge in [0.25, 0.3) is 6.02 Å². The summed E-state index contributed by atoms with van der Waals surface area (Å²) in [5, 5.41) is 1.26. The van der Waals surface area contributed by atoms with E-state index in [1.165, 1.54) is 16.6 Å². The average molecular weight is 229 g/mol. The zero-order valence-corrected chi connectivity index (χ0v) is 9.76. The molecule has 4 nitrogen and oxygen atoms in total. The Morgan fingerprint density at radius 2 is 2.29 bits per heavy atom. The summed E-state index contributed by atoms with van der Waals surface area (Å²) >= 11 is 0. The van der Waals surface area contributed by atoms with Crippen LogP contribution in [0.3, 0.4) is 0 Å². The topological polar surface area (TPSA) is 52.5 Å². The number of ether oxygens (including phenoxy) is 1. The summed E-state index contributed by atoms with van der Waals surface area (Å²) in [6.45, 7) is 3.56. The third-order valence-electron chi connectivity index (χ3n) is 3.14. The van der Waals surface area contributed by atoms with Crippen molar-refractivity contribution >= 4 is 16.9 Å². The van der Waals surface area contributed by atoms with E-state index in [2.05, 4.69) is 46.8 Å². The zero-order chi connectivity index (χ0) is 11.8. The molecule has 0 saturated heterocycles. The first-order valence-electron chi connectivity index (χ1n) is 5.75. The van der Waals surface area contributed by atoms with Gasteiger partial charge in [0.2, 0.25) is 0 Å². The van der Waals surface area contributed by atoms with E-state index in [4.69, 9.17) is 10.5 Å². The highest BCUT2D eigenvalue weighted by atomic mass is 16.5. The van der Waals surface area contributed by atoms with Crippen LogP contribution >= 0.6 is 0 Å². The second-order valence-corrected chi connectivity index (χ2v) is 4.37. The van der Waals surface area contributed by atoms with Crippen molar-refractivity contribution in [3.8, 4) is 0 Å². The molecule has 1 aliphatic heterocycles. The van der Waals surface area contributed by atoms with Gasteiger partial charge in [-0.25, -0.2) is 4.99 Å². The van der Waals surface area contributed by atoms with Crippen molar-refractivity contribution in [2.24, 2.45) is 10.7 Å². The van der Waals surface area contributed by atoms with E-state index >= 15 is 0 Å². The number of aromatic nitrogens is 1. The van der Waals surface area contributed by atoms with Crippen LogP contribution in [0.1, 0.15) is 5.69 Å². The molecule has 17 heavy (non-hydrogen) atoms. The van der Waals surface area contributed by atoms with E-state index in [9.17, 15) is 0 Å². The number of aliphatic imine (C=N–C) groups is 1. The Morgan fingerprint density at radius 1 is 1.47 bits per heavy atom. The first-order valence-corrected chi connectivity index (χ1v) is 5.75. The van der Waals surface area contributed by atoms with E-state index in [0.717, 1.165) is 6.54 Å². The number of amidine groups is 1. The van der Waals surface area contributed by atoms with E-state index in [0.29, 0.717) is 12.6 Å². The predicted octanol–water partition coefficient (Wildman–Crippen LogP) is 1.66. The molecule has 88 valence electrons. The largest absolute Gasteiger partial charge is 0.458 e. The number of nitrogens with zero attached hydrogens (tertiary/aromatic N) is 2. The number of para-hydroxylation sites is 1. The molecule has 1 aliphatic rings. The number of aryl methyl sites for hydroxylation is 1. The van der Waals surface area contributed by atoms with Crippen molar-refractivity contribution in [2.75, 3.05) is 6.54 Å². The number of fused-ring (bicyclic) bond motifs is 1. The third kappa shape index (κ3) is 1.75. The van der Waals surface area contributed by atoms with E-state index < -0.39 is 0 Å². The average Bonchev–Trinajstić information content (AvgIpc) is 2.85. The van der Waals surface area contributed by atoms with Crippen LogP contribution in [-0.2, 0) is 11.3 Å². The number of nitrogens with two attached hydrogens (primary N) is 1. The van der Waals surface area contributed by atoms with Gasteiger partial charge in [0.05, 0.1) is 13.1 Å². The second-order valence-electron chi connectivity index (χ2n) is 4.37. The minimum absolute atomic E-state index is 0.0597. The monoisotopic (exact) mass is 229 g/mol. The van der Waals surface area contributed by atoms with Crippen molar-refractivity contribution in [3.63, 3.8) is 0 Å². The van der Waals surface area contributed by atoms with Crippen molar-refractivity contribution in [3.05, 3.63) is 36.0 Å². The summed E-state index contributed by atoms with van der Waals surface area (Å²) in [6, 6.07) is 10.9. The fraction of sp³-hybridized carbons (Fsp3) is 0.308. The quantitative estimate of drug-likeness (QED) is 0.851. The Hall–Kier alpha value is -1.97. The molecule has 2 N–H and O–H groups in total. The van der Waals surface area contributed by atoms with Crippen molar-refractivity contribution in [2.45, 2.75) is 19.6 Å². The highest BCUT2D eigenvalue weighted by Crippen LogP contribution is 2.20. The lowest BCUT2D eigenvalue weighted by Gasteiger charge is -2.13.